The van der Waals surface area contributed by atoms with Crippen LogP contribution in [-0.2, 0) is 4.57 Å². The van der Waals surface area contributed by atoms with E-state index in [1.54, 1.807) is 0 Å². The van der Waals surface area contributed by atoms with E-state index in [1.807, 2.05) is 60.7 Å². The number of hydrogen-bond acceptors (Lipinski definition) is 1. The molecule has 0 radical (unpaired) electrons. The zero-order chi connectivity index (χ0) is 21.4. The van der Waals surface area contributed by atoms with E-state index in [1.165, 1.54) is 11.1 Å². The van der Waals surface area contributed by atoms with Crippen LogP contribution in [0.3, 0.4) is 0 Å². The van der Waals surface area contributed by atoms with Gasteiger partial charge in [0.15, 0.2) is 0 Å². The van der Waals surface area contributed by atoms with E-state index >= 15 is 0 Å². The van der Waals surface area contributed by atoms with Gasteiger partial charge in [0.05, 0.1) is 20.2 Å². The molecule has 1 aliphatic rings. The summed E-state index contributed by atoms with van der Waals surface area (Å²) >= 11 is 0. The number of nitrogens with zero attached hydrogens (tertiary/aromatic N) is 1. The first kappa shape index (κ1) is 21.1. The van der Waals surface area contributed by atoms with Crippen molar-refractivity contribution in [3.8, 4) is 0 Å². The molecule has 0 bridgehead atoms. The third-order valence-electron chi connectivity index (χ3n) is 5.57. The van der Waals surface area contributed by atoms with E-state index in [0.717, 1.165) is 10.6 Å². The minimum atomic E-state index is -2.96. The summed E-state index contributed by atoms with van der Waals surface area (Å²) in [6.45, 7) is 9.12. The molecule has 30 heavy (non-hydrogen) atoms. The smallest absolute Gasteiger partial charge is 0.208 e. The van der Waals surface area contributed by atoms with Crippen molar-refractivity contribution in [1.82, 2.24) is 4.67 Å². The van der Waals surface area contributed by atoms with Gasteiger partial charge in [0.25, 0.3) is 0 Å². The van der Waals surface area contributed by atoms with Crippen LogP contribution in [0.4, 0.5) is 0 Å². The normalized spacial score (nSPS) is 21.7. The molecular weight excluding hydrogens is 401 g/mol. The van der Waals surface area contributed by atoms with Gasteiger partial charge in [0, 0.05) is 10.6 Å². The van der Waals surface area contributed by atoms with Crippen molar-refractivity contribution >= 4 is 26.0 Å². The fourth-order valence-electron chi connectivity index (χ4n) is 3.97. The molecular formula is C26H30NOPSi. The molecule has 0 saturated carbocycles. The lowest BCUT2D eigenvalue weighted by molar-refractivity contribution is 0.557. The van der Waals surface area contributed by atoms with Crippen LogP contribution < -0.4 is 10.6 Å². The summed E-state index contributed by atoms with van der Waals surface area (Å²) in [6.07, 6.45) is 2.31. The van der Waals surface area contributed by atoms with Crippen LogP contribution in [-0.4, -0.2) is 18.8 Å². The lowest BCUT2D eigenvalue weighted by Crippen LogP contribution is -2.22. The largest absolute Gasteiger partial charge is 0.296 e. The molecule has 3 aromatic carbocycles. The summed E-state index contributed by atoms with van der Waals surface area (Å²) in [5.74, 6) is 0. The monoisotopic (exact) mass is 431 g/mol. The van der Waals surface area contributed by atoms with Gasteiger partial charge in [-0.2, -0.15) is 0 Å². The van der Waals surface area contributed by atoms with Crippen LogP contribution in [0.1, 0.15) is 17.2 Å². The van der Waals surface area contributed by atoms with Gasteiger partial charge in [-0.15, -0.1) is 0 Å². The fourth-order valence-corrected chi connectivity index (χ4v) is 7.87. The molecule has 2 nitrogen and oxygen atoms in total. The van der Waals surface area contributed by atoms with Gasteiger partial charge in [0.1, 0.15) is 0 Å². The minimum Gasteiger partial charge on any atom is -0.296 e. The third kappa shape index (κ3) is 4.16. The van der Waals surface area contributed by atoms with Gasteiger partial charge >= 0.3 is 0 Å². The molecule has 1 fully saturated rings. The van der Waals surface area contributed by atoms with Crippen molar-refractivity contribution < 1.29 is 4.57 Å². The molecule has 1 saturated heterocycles. The van der Waals surface area contributed by atoms with Crippen molar-refractivity contribution in [3.63, 3.8) is 0 Å². The van der Waals surface area contributed by atoms with Crippen molar-refractivity contribution in [2.24, 2.45) is 0 Å². The highest BCUT2D eigenvalue weighted by Gasteiger charge is 2.57. The predicted molar refractivity (Wildman–Crippen MR) is 132 cm³/mol. The average molecular weight is 432 g/mol. The van der Waals surface area contributed by atoms with Crippen LogP contribution in [0.2, 0.25) is 19.6 Å². The van der Waals surface area contributed by atoms with E-state index in [2.05, 4.69) is 67.3 Å². The SMILES string of the molecule is Cc1ccc([C@H]2[C@@H](/C=C/[Si](C)(C)C)N2P(=O)(c2ccccc2)c2ccccc2)cc1. The summed E-state index contributed by atoms with van der Waals surface area (Å²) in [5, 5.41) is 1.80. The Morgan fingerprint density at radius 3 is 1.77 bits per heavy atom. The highest BCUT2D eigenvalue weighted by atomic mass is 31.2. The summed E-state index contributed by atoms with van der Waals surface area (Å²) in [4.78, 5) is 0. The van der Waals surface area contributed by atoms with Gasteiger partial charge in [-0.3, -0.25) is 4.57 Å². The number of aryl methyl sites for hydroxylation is 1. The van der Waals surface area contributed by atoms with Crippen LogP contribution in [0.5, 0.6) is 0 Å². The molecule has 1 unspecified atom stereocenters. The topological polar surface area (TPSA) is 20.1 Å². The van der Waals surface area contributed by atoms with Gasteiger partial charge in [0.2, 0.25) is 7.29 Å². The maximum Gasteiger partial charge on any atom is 0.208 e. The van der Waals surface area contributed by atoms with E-state index in [9.17, 15) is 4.57 Å². The van der Waals surface area contributed by atoms with Crippen molar-refractivity contribution in [2.75, 3.05) is 0 Å². The van der Waals surface area contributed by atoms with Crippen LogP contribution in [0.25, 0.3) is 0 Å². The standard InChI is InChI=1S/C26H30NOPSi/c1-21-15-17-22(18-16-21)26-25(19-20-30(2,3)4)27(26)29(28,23-11-7-5-8-12-23)24-13-9-6-10-14-24/h5-20,25-26H,1-4H3/b20-19+/t25-,26+,27?/m1/s1. The Labute approximate surface area is 181 Å². The number of rotatable bonds is 6. The van der Waals surface area contributed by atoms with E-state index < -0.39 is 15.4 Å². The van der Waals surface area contributed by atoms with E-state index in [-0.39, 0.29) is 12.1 Å². The number of benzene rings is 3. The Bertz CT molecular complexity index is 1030. The quantitative estimate of drug-likeness (QED) is 0.268. The highest BCUT2D eigenvalue weighted by molar-refractivity contribution is 7.76. The van der Waals surface area contributed by atoms with Crippen molar-refractivity contribution in [2.45, 2.75) is 38.6 Å². The molecule has 154 valence electrons. The first-order valence-electron chi connectivity index (χ1n) is 10.6. The molecule has 3 atom stereocenters. The molecule has 4 rings (SSSR count). The van der Waals surface area contributed by atoms with E-state index in [0.29, 0.717) is 0 Å². The molecule has 0 amide bonds. The van der Waals surface area contributed by atoms with Gasteiger partial charge in [-0.1, -0.05) is 97.6 Å². The second-order valence-electron chi connectivity index (χ2n) is 9.20. The van der Waals surface area contributed by atoms with E-state index in [4.69, 9.17) is 0 Å². The van der Waals surface area contributed by atoms with Gasteiger partial charge in [-0.25, -0.2) is 4.67 Å². The first-order valence-corrected chi connectivity index (χ1v) is 15.8. The summed E-state index contributed by atoms with van der Waals surface area (Å²) in [6, 6.07) is 28.9. The van der Waals surface area contributed by atoms with Gasteiger partial charge in [-0.05, 0) is 36.8 Å². The summed E-state index contributed by atoms with van der Waals surface area (Å²) < 4.78 is 17.1. The lowest BCUT2D eigenvalue weighted by atomic mass is 10.1. The summed E-state index contributed by atoms with van der Waals surface area (Å²) in [7, 11) is -4.32. The highest BCUT2D eigenvalue weighted by Crippen LogP contribution is 2.64. The number of hydrogen-bond donors (Lipinski definition) is 0. The van der Waals surface area contributed by atoms with Crippen molar-refractivity contribution in [3.05, 3.63) is 108 Å². The first-order chi connectivity index (χ1) is 14.3. The maximum atomic E-state index is 14.9. The van der Waals surface area contributed by atoms with Crippen LogP contribution >= 0.6 is 7.29 Å². The molecule has 0 N–H and O–H groups in total. The molecule has 0 aromatic heterocycles. The zero-order valence-electron chi connectivity index (χ0n) is 18.2. The Kier molecular flexibility index (Phi) is 5.72. The molecule has 4 heteroatoms. The van der Waals surface area contributed by atoms with Crippen LogP contribution in [0.15, 0.2) is 96.7 Å². The molecule has 1 heterocycles. The maximum absolute atomic E-state index is 14.9. The fraction of sp³-hybridized carbons (Fsp3) is 0.231. The minimum absolute atomic E-state index is 0.129. The molecule has 0 aliphatic carbocycles. The average Bonchev–Trinajstić information content (AvgIpc) is 3.48. The Morgan fingerprint density at radius 2 is 1.30 bits per heavy atom. The second-order valence-corrected chi connectivity index (χ2v) is 16.9. The Morgan fingerprint density at radius 1 is 0.800 bits per heavy atom. The van der Waals surface area contributed by atoms with Gasteiger partial charge < -0.3 is 0 Å². The zero-order valence-corrected chi connectivity index (χ0v) is 20.1. The second kappa shape index (κ2) is 8.15. The molecule has 3 aromatic rings. The molecule has 1 aliphatic heterocycles. The Balaban J connectivity index is 1.84. The molecule has 0 spiro atoms. The Hall–Kier alpha value is -2.19. The third-order valence-corrected chi connectivity index (χ3v) is 9.93. The van der Waals surface area contributed by atoms with Crippen molar-refractivity contribution in [1.29, 1.82) is 0 Å². The lowest BCUT2D eigenvalue weighted by Gasteiger charge is -2.22. The van der Waals surface area contributed by atoms with Crippen LogP contribution in [0, 0.1) is 6.92 Å². The predicted octanol–water partition coefficient (Wildman–Crippen LogP) is 6.08. The summed E-state index contributed by atoms with van der Waals surface area (Å²) in [5.41, 5.74) is 4.87.